The van der Waals surface area contributed by atoms with Crippen LogP contribution >= 0.6 is 0 Å². The number of rotatable bonds is 6. The van der Waals surface area contributed by atoms with E-state index in [0.717, 1.165) is 18.9 Å². The summed E-state index contributed by atoms with van der Waals surface area (Å²) in [5.74, 6) is 0.745. The van der Waals surface area contributed by atoms with Crippen LogP contribution in [0.4, 0.5) is 0 Å². The number of carbonyl (C=O) groups is 1. The van der Waals surface area contributed by atoms with Crippen LogP contribution in [-0.2, 0) is 9.53 Å². The first-order chi connectivity index (χ1) is 8.71. The monoisotopic (exact) mass is 256 g/mol. The van der Waals surface area contributed by atoms with Crippen LogP contribution in [0.3, 0.4) is 0 Å². The Morgan fingerprint density at radius 3 is 2.83 bits per heavy atom. The Kier molecular flexibility index (Phi) is 7.28. The van der Waals surface area contributed by atoms with Gasteiger partial charge in [-0.3, -0.25) is 4.79 Å². The number of nitrogens with one attached hydrogen (secondary N) is 1. The van der Waals surface area contributed by atoms with Crippen LogP contribution < -0.4 is 5.32 Å². The van der Waals surface area contributed by atoms with Gasteiger partial charge in [0.1, 0.15) is 6.04 Å². The van der Waals surface area contributed by atoms with Gasteiger partial charge in [-0.25, -0.2) is 0 Å². The van der Waals surface area contributed by atoms with Gasteiger partial charge < -0.3 is 15.0 Å². The molecule has 0 aromatic rings. The zero-order valence-corrected chi connectivity index (χ0v) is 12.1. The fraction of sp³-hybridized carbons (Fsp3) is 0.929. The molecule has 0 saturated carbocycles. The van der Waals surface area contributed by atoms with Crippen molar-refractivity contribution in [3.8, 4) is 0 Å². The summed E-state index contributed by atoms with van der Waals surface area (Å²) in [4.78, 5) is 14.0. The Balaban J connectivity index is 2.31. The van der Waals surface area contributed by atoms with E-state index >= 15 is 0 Å². The van der Waals surface area contributed by atoms with Crippen molar-refractivity contribution in [2.75, 3.05) is 33.8 Å². The topological polar surface area (TPSA) is 41.6 Å². The molecule has 4 nitrogen and oxygen atoms in total. The van der Waals surface area contributed by atoms with Crippen LogP contribution in [0.5, 0.6) is 0 Å². The lowest BCUT2D eigenvalue weighted by atomic mass is 9.98. The molecule has 0 spiro atoms. The summed E-state index contributed by atoms with van der Waals surface area (Å²) in [7, 11) is 3.27. The number of likely N-dealkylation sites (tertiary alicyclic amines) is 1. The highest BCUT2D eigenvalue weighted by atomic mass is 16.5. The fourth-order valence-corrected chi connectivity index (χ4v) is 2.69. The Morgan fingerprint density at radius 2 is 2.22 bits per heavy atom. The summed E-state index contributed by atoms with van der Waals surface area (Å²) in [6, 6.07) is -0.166. The van der Waals surface area contributed by atoms with Crippen molar-refractivity contribution in [2.45, 2.75) is 45.1 Å². The normalized spacial score (nSPS) is 23.4. The van der Waals surface area contributed by atoms with Crippen LogP contribution in [0.15, 0.2) is 0 Å². The van der Waals surface area contributed by atoms with Gasteiger partial charge in [0, 0.05) is 6.54 Å². The van der Waals surface area contributed by atoms with Crippen molar-refractivity contribution in [1.29, 1.82) is 0 Å². The van der Waals surface area contributed by atoms with E-state index in [1.54, 1.807) is 0 Å². The maximum atomic E-state index is 11.5. The minimum absolute atomic E-state index is 0.154. The SMILES string of the molecule is CCC1CCCN(CCC(NC)C(=O)OC)CC1. The van der Waals surface area contributed by atoms with E-state index in [1.807, 2.05) is 7.05 Å². The molecule has 0 amide bonds. The van der Waals surface area contributed by atoms with Gasteiger partial charge in [0.05, 0.1) is 7.11 Å². The summed E-state index contributed by atoms with van der Waals surface area (Å²) in [5.41, 5.74) is 0. The predicted molar refractivity (Wildman–Crippen MR) is 73.6 cm³/mol. The average Bonchev–Trinajstić information content (AvgIpc) is 2.64. The molecule has 1 rings (SSSR count). The first kappa shape index (κ1) is 15.4. The van der Waals surface area contributed by atoms with Crippen molar-refractivity contribution in [3.63, 3.8) is 0 Å². The molecule has 2 atom stereocenters. The Labute approximate surface area is 111 Å². The van der Waals surface area contributed by atoms with Crippen molar-refractivity contribution < 1.29 is 9.53 Å². The van der Waals surface area contributed by atoms with E-state index in [0.29, 0.717) is 0 Å². The third-order valence-electron chi connectivity index (χ3n) is 4.09. The predicted octanol–water partition coefficient (Wildman–Crippen LogP) is 1.65. The molecule has 1 fully saturated rings. The summed E-state index contributed by atoms with van der Waals surface area (Å²) >= 11 is 0. The maximum Gasteiger partial charge on any atom is 0.322 e. The van der Waals surface area contributed by atoms with Gasteiger partial charge in [0.15, 0.2) is 0 Å². The molecule has 0 bridgehead atoms. The molecule has 0 aromatic heterocycles. The van der Waals surface area contributed by atoms with E-state index in [9.17, 15) is 4.79 Å². The minimum Gasteiger partial charge on any atom is -0.468 e. The molecular weight excluding hydrogens is 228 g/mol. The molecule has 1 aliphatic heterocycles. The van der Waals surface area contributed by atoms with E-state index in [2.05, 4.69) is 17.1 Å². The molecule has 2 unspecified atom stereocenters. The maximum absolute atomic E-state index is 11.5. The number of ether oxygens (including phenoxy) is 1. The third-order valence-corrected chi connectivity index (χ3v) is 4.09. The van der Waals surface area contributed by atoms with Gasteiger partial charge in [-0.2, -0.15) is 0 Å². The zero-order chi connectivity index (χ0) is 13.4. The molecule has 106 valence electrons. The summed E-state index contributed by atoms with van der Waals surface area (Å²) in [6.07, 6.45) is 6.09. The number of nitrogens with zero attached hydrogens (tertiary/aromatic N) is 1. The van der Waals surface area contributed by atoms with Crippen LogP contribution in [-0.4, -0.2) is 50.7 Å². The molecule has 4 heteroatoms. The molecule has 1 heterocycles. The second-order valence-corrected chi connectivity index (χ2v) is 5.20. The third kappa shape index (κ3) is 4.94. The van der Waals surface area contributed by atoms with Gasteiger partial charge in [-0.05, 0) is 51.7 Å². The molecule has 0 aliphatic carbocycles. The molecule has 0 radical (unpaired) electrons. The molecular formula is C14H28N2O2. The fourth-order valence-electron chi connectivity index (χ4n) is 2.69. The first-order valence-electron chi connectivity index (χ1n) is 7.18. The van der Waals surface area contributed by atoms with Crippen molar-refractivity contribution in [1.82, 2.24) is 10.2 Å². The van der Waals surface area contributed by atoms with Crippen molar-refractivity contribution in [3.05, 3.63) is 0 Å². The number of hydrogen-bond acceptors (Lipinski definition) is 4. The lowest BCUT2D eigenvalue weighted by molar-refractivity contribution is -0.143. The van der Waals surface area contributed by atoms with Gasteiger partial charge in [0.2, 0.25) is 0 Å². The number of likely N-dealkylation sites (N-methyl/N-ethyl adjacent to an activating group) is 1. The Hall–Kier alpha value is -0.610. The largest absolute Gasteiger partial charge is 0.468 e. The lowest BCUT2D eigenvalue weighted by Gasteiger charge is -2.22. The van der Waals surface area contributed by atoms with Crippen molar-refractivity contribution >= 4 is 5.97 Å². The average molecular weight is 256 g/mol. The summed E-state index contributed by atoms with van der Waals surface area (Å²) in [6.45, 7) is 5.62. The lowest BCUT2D eigenvalue weighted by Crippen LogP contribution is -2.39. The van der Waals surface area contributed by atoms with Gasteiger partial charge in [0.25, 0.3) is 0 Å². The Bertz CT molecular complexity index is 246. The smallest absolute Gasteiger partial charge is 0.322 e. The summed E-state index contributed by atoms with van der Waals surface area (Å²) < 4.78 is 4.78. The molecule has 1 aliphatic rings. The second kappa shape index (κ2) is 8.48. The number of carbonyl (C=O) groups excluding carboxylic acids is 1. The van der Waals surface area contributed by atoms with Crippen LogP contribution in [0, 0.1) is 5.92 Å². The van der Waals surface area contributed by atoms with Gasteiger partial charge >= 0.3 is 5.97 Å². The molecule has 1 saturated heterocycles. The van der Waals surface area contributed by atoms with E-state index in [-0.39, 0.29) is 12.0 Å². The van der Waals surface area contributed by atoms with Crippen molar-refractivity contribution in [2.24, 2.45) is 5.92 Å². The molecule has 1 N–H and O–H groups in total. The van der Waals surface area contributed by atoms with Crippen LogP contribution in [0.25, 0.3) is 0 Å². The minimum atomic E-state index is -0.166. The number of hydrogen-bond donors (Lipinski definition) is 1. The highest BCUT2D eigenvalue weighted by Gasteiger charge is 2.20. The quantitative estimate of drug-likeness (QED) is 0.734. The first-order valence-corrected chi connectivity index (χ1v) is 7.18. The second-order valence-electron chi connectivity index (χ2n) is 5.20. The van der Waals surface area contributed by atoms with Crippen LogP contribution in [0.2, 0.25) is 0 Å². The highest BCUT2D eigenvalue weighted by molar-refractivity contribution is 5.75. The van der Waals surface area contributed by atoms with E-state index < -0.39 is 0 Å². The number of esters is 1. The van der Waals surface area contributed by atoms with Crippen LogP contribution in [0.1, 0.15) is 39.0 Å². The van der Waals surface area contributed by atoms with Gasteiger partial charge in [-0.1, -0.05) is 13.3 Å². The zero-order valence-electron chi connectivity index (χ0n) is 12.1. The van der Waals surface area contributed by atoms with Gasteiger partial charge in [-0.15, -0.1) is 0 Å². The highest BCUT2D eigenvalue weighted by Crippen LogP contribution is 2.20. The van der Waals surface area contributed by atoms with E-state index in [1.165, 1.54) is 45.9 Å². The molecule has 18 heavy (non-hydrogen) atoms. The number of methoxy groups -OCH3 is 1. The Morgan fingerprint density at radius 1 is 1.44 bits per heavy atom. The standard InChI is InChI=1S/C14H28N2O2/c1-4-12-6-5-9-16(10-7-12)11-8-13(15-2)14(17)18-3/h12-13,15H,4-11H2,1-3H3. The van der Waals surface area contributed by atoms with E-state index in [4.69, 9.17) is 4.74 Å². The molecule has 0 aromatic carbocycles. The summed E-state index contributed by atoms with van der Waals surface area (Å²) in [5, 5.41) is 3.03.